The van der Waals surface area contributed by atoms with Gasteiger partial charge in [0.25, 0.3) is 0 Å². The molecule has 2 amide bonds. The van der Waals surface area contributed by atoms with Crippen LogP contribution in [0.2, 0.25) is 0 Å². The van der Waals surface area contributed by atoms with Crippen LogP contribution < -0.4 is 10.7 Å². The molecule has 0 aliphatic carbocycles. The van der Waals surface area contributed by atoms with E-state index in [0.29, 0.717) is 5.69 Å². The number of aryl methyl sites for hydroxylation is 3. The summed E-state index contributed by atoms with van der Waals surface area (Å²) >= 11 is 0. The average Bonchev–Trinajstić information content (AvgIpc) is 3.06. The number of aromatic nitrogens is 1. The molecule has 4 rings (SSSR count). The number of hydrazone groups is 1. The number of fused-ring (bicyclic) bond motifs is 1. The van der Waals surface area contributed by atoms with E-state index >= 15 is 0 Å². The summed E-state index contributed by atoms with van der Waals surface area (Å²) in [5.41, 5.74) is 9.28. The molecule has 33 heavy (non-hydrogen) atoms. The summed E-state index contributed by atoms with van der Waals surface area (Å²) in [6.45, 7) is 8.18. The molecule has 6 nitrogen and oxygen atoms in total. The average molecular weight is 439 g/mol. The maximum absolute atomic E-state index is 12.4. The fraction of sp³-hybridized carbons (Fsp3) is 0.148. The van der Waals surface area contributed by atoms with E-state index in [-0.39, 0.29) is 0 Å². The van der Waals surface area contributed by atoms with Gasteiger partial charge in [0, 0.05) is 33.7 Å². The first-order chi connectivity index (χ1) is 15.8. The molecule has 0 aliphatic rings. The molecule has 166 valence electrons. The second kappa shape index (κ2) is 9.12. The zero-order valence-electron chi connectivity index (χ0n) is 19.1. The molecular weight excluding hydrogens is 412 g/mol. The van der Waals surface area contributed by atoms with Gasteiger partial charge in [-0.25, -0.2) is 5.43 Å². The van der Waals surface area contributed by atoms with Crippen molar-refractivity contribution in [1.82, 2.24) is 9.99 Å². The molecule has 0 bridgehead atoms. The Bertz CT molecular complexity index is 1370. The third kappa shape index (κ3) is 4.70. The third-order valence-corrected chi connectivity index (χ3v) is 5.55. The Morgan fingerprint density at radius 3 is 2.30 bits per heavy atom. The van der Waals surface area contributed by atoms with Crippen LogP contribution in [0.5, 0.6) is 0 Å². The van der Waals surface area contributed by atoms with E-state index in [1.54, 1.807) is 12.3 Å². The Labute approximate surface area is 192 Å². The smallest absolute Gasteiger partial charge is 0.318 e. The fourth-order valence-corrected chi connectivity index (χ4v) is 4.12. The highest BCUT2D eigenvalue weighted by Crippen LogP contribution is 2.23. The van der Waals surface area contributed by atoms with Crippen molar-refractivity contribution < 1.29 is 9.59 Å². The largest absolute Gasteiger partial charge is 0.329 e. The van der Waals surface area contributed by atoms with E-state index in [1.165, 1.54) is 11.1 Å². The third-order valence-electron chi connectivity index (χ3n) is 5.55. The maximum Gasteiger partial charge on any atom is 0.329 e. The maximum atomic E-state index is 12.4. The van der Waals surface area contributed by atoms with Gasteiger partial charge in [-0.15, -0.1) is 0 Å². The van der Waals surface area contributed by atoms with Crippen LogP contribution >= 0.6 is 0 Å². The molecule has 6 heteroatoms. The number of benzene rings is 3. The highest BCUT2D eigenvalue weighted by molar-refractivity contribution is 6.40. The number of hydrogen-bond donors (Lipinski definition) is 2. The number of nitrogens with one attached hydrogen (secondary N) is 2. The number of hydrogen-bond acceptors (Lipinski definition) is 3. The predicted molar refractivity (Wildman–Crippen MR) is 133 cm³/mol. The van der Waals surface area contributed by atoms with Crippen LogP contribution in [0.15, 0.2) is 71.8 Å². The number of rotatable bonds is 4. The molecule has 1 heterocycles. The van der Waals surface area contributed by atoms with E-state index in [0.717, 1.165) is 33.4 Å². The van der Waals surface area contributed by atoms with Gasteiger partial charge in [-0.1, -0.05) is 42.5 Å². The van der Waals surface area contributed by atoms with E-state index in [9.17, 15) is 9.59 Å². The van der Waals surface area contributed by atoms with Crippen LogP contribution in [0.25, 0.3) is 16.5 Å². The SMILES string of the molecule is Cc1cc(C)cc(-n2c(C)cc(/C=N\NC(=O)C(=O)Nc3cccc4ccccc34)c2C)c1. The number of carbonyl (C=O) groups is 2. The quantitative estimate of drug-likeness (QED) is 0.269. The lowest BCUT2D eigenvalue weighted by molar-refractivity contribution is -0.136. The van der Waals surface area contributed by atoms with Crippen LogP contribution in [0, 0.1) is 27.7 Å². The van der Waals surface area contributed by atoms with Gasteiger partial charge in [-0.2, -0.15) is 5.10 Å². The minimum atomic E-state index is -0.831. The first-order valence-corrected chi connectivity index (χ1v) is 10.7. The lowest BCUT2D eigenvalue weighted by Crippen LogP contribution is -2.32. The molecule has 2 N–H and O–H groups in total. The first kappa shape index (κ1) is 22.0. The standard InChI is InChI=1S/C27H26N4O2/c1-17-12-18(2)14-23(13-17)31-19(3)15-22(20(31)4)16-28-30-27(33)26(32)29-25-11-7-9-21-8-5-6-10-24(21)25/h5-16H,1-4H3,(H,29,32)(H,30,33)/b28-16-. The minimum absolute atomic E-state index is 0.578. The Kier molecular flexibility index (Phi) is 6.09. The van der Waals surface area contributed by atoms with Crippen LogP contribution in [0.4, 0.5) is 5.69 Å². The molecule has 0 saturated carbocycles. The van der Waals surface area contributed by atoms with Crippen molar-refractivity contribution in [2.24, 2.45) is 5.10 Å². The summed E-state index contributed by atoms with van der Waals surface area (Å²) < 4.78 is 2.15. The molecule has 1 aromatic heterocycles. The number of nitrogens with zero attached hydrogens (tertiary/aromatic N) is 2. The van der Waals surface area contributed by atoms with E-state index in [2.05, 4.69) is 52.5 Å². The van der Waals surface area contributed by atoms with Gasteiger partial charge in [0.05, 0.1) is 6.21 Å². The van der Waals surface area contributed by atoms with Gasteiger partial charge in [0.1, 0.15) is 0 Å². The molecule has 0 saturated heterocycles. The highest BCUT2D eigenvalue weighted by Gasteiger charge is 2.15. The zero-order valence-corrected chi connectivity index (χ0v) is 19.1. The molecule has 3 aromatic carbocycles. The summed E-state index contributed by atoms with van der Waals surface area (Å²) in [6, 6.07) is 21.6. The topological polar surface area (TPSA) is 75.5 Å². The highest BCUT2D eigenvalue weighted by atomic mass is 16.2. The number of amides is 2. The Morgan fingerprint density at radius 2 is 1.55 bits per heavy atom. The zero-order chi connectivity index (χ0) is 23.5. The van der Waals surface area contributed by atoms with Crippen molar-refractivity contribution in [3.05, 3.63) is 94.8 Å². The Balaban J connectivity index is 1.47. The van der Waals surface area contributed by atoms with Crippen molar-refractivity contribution in [3.63, 3.8) is 0 Å². The Hall–Kier alpha value is -4.19. The summed E-state index contributed by atoms with van der Waals surface area (Å²) in [6.07, 6.45) is 1.56. The number of anilines is 1. The van der Waals surface area contributed by atoms with Crippen molar-refractivity contribution in [3.8, 4) is 5.69 Å². The van der Waals surface area contributed by atoms with Gasteiger partial charge in [0.15, 0.2) is 0 Å². The van der Waals surface area contributed by atoms with Gasteiger partial charge in [-0.3, -0.25) is 9.59 Å². The van der Waals surface area contributed by atoms with Crippen LogP contribution in [0.1, 0.15) is 28.1 Å². The molecule has 0 fully saturated rings. The van der Waals surface area contributed by atoms with E-state index < -0.39 is 11.8 Å². The van der Waals surface area contributed by atoms with Crippen LogP contribution in [0.3, 0.4) is 0 Å². The molecule has 4 aromatic rings. The first-order valence-electron chi connectivity index (χ1n) is 10.7. The van der Waals surface area contributed by atoms with Crippen LogP contribution in [-0.2, 0) is 9.59 Å². The Morgan fingerprint density at radius 1 is 0.848 bits per heavy atom. The summed E-state index contributed by atoms with van der Waals surface area (Å²) in [5.74, 6) is -1.61. The van der Waals surface area contributed by atoms with Gasteiger partial charge >= 0.3 is 11.8 Å². The van der Waals surface area contributed by atoms with E-state index in [1.807, 2.05) is 56.3 Å². The monoisotopic (exact) mass is 438 g/mol. The van der Waals surface area contributed by atoms with Gasteiger partial charge in [0.2, 0.25) is 0 Å². The second-order valence-electron chi connectivity index (χ2n) is 8.19. The summed E-state index contributed by atoms with van der Waals surface area (Å²) in [4.78, 5) is 24.7. The number of carbonyl (C=O) groups excluding carboxylic acids is 2. The summed E-state index contributed by atoms with van der Waals surface area (Å²) in [5, 5.41) is 8.52. The lowest BCUT2D eigenvalue weighted by Gasteiger charge is -2.11. The van der Waals surface area contributed by atoms with Gasteiger partial charge < -0.3 is 9.88 Å². The predicted octanol–water partition coefficient (Wildman–Crippen LogP) is 4.95. The summed E-state index contributed by atoms with van der Waals surface area (Å²) in [7, 11) is 0. The van der Waals surface area contributed by atoms with Crippen molar-refractivity contribution >= 4 is 34.5 Å². The molecule has 0 radical (unpaired) electrons. The van der Waals surface area contributed by atoms with Crippen molar-refractivity contribution in [2.45, 2.75) is 27.7 Å². The van der Waals surface area contributed by atoms with Crippen molar-refractivity contribution in [2.75, 3.05) is 5.32 Å². The van der Waals surface area contributed by atoms with Crippen molar-refractivity contribution in [1.29, 1.82) is 0 Å². The molecule has 0 unspecified atom stereocenters. The molecule has 0 aliphatic heterocycles. The molecule has 0 spiro atoms. The van der Waals surface area contributed by atoms with Gasteiger partial charge in [-0.05, 0) is 68.5 Å². The van der Waals surface area contributed by atoms with Crippen LogP contribution in [-0.4, -0.2) is 22.6 Å². The minimum Gasteiger partial charge on any atom is -0.318 e. The normalized spacial score (nSPS) is 11.2. The second-order valence-corrected chi connectivity index (χ2v) is 8.19. The molecular formula is C27H26N4O2. The fourth-order valence-electron chi connectivity index (χ4n) is 4.12. The van der Waals surface area contributed by atoms with E-state index in [4.69, 9.17) is 0 Å². The molecule has 0 atom stereocenters. The lowest BCUT2D eigenvalue weighted by atomic mass is 10.1.